The molecule has 0 aliphatic carbocycles. The lowest BCUT2D eigenvalue weighted by atomic mass is 9.95. The quantitative estimate of drug-likeness (QED) is 0.599. The first-order chi connectivity index (χ1) is 16.1. The van der Waals surface area contributed by atoms with Crippen molar-refractivity contribution in [1.82, 2.24) is 20.4 Å². The second-order valence-electron chi connectivity index (χ2n) is 9.45. The van der Waals surface area contributed by atoms with Gasteiger partial charge in [-0.25, -0.2) is 0 Å². The third-order valence-corrected chi connectivity index (χ3v) is 7.15. The van der Waals surface area contributed by atoms with Crippen molar-refractivity contribution in [3.8, 4) is 0 Å². The van der Waals surface area contributed by atoms with Gasteiger partial charge in [0, 0.05) is 52.0 Å². The number of fused-ring (bicyclic) bond motifs is 1. The number of amides is 2. The minimum atomic E-state index is -0.548. The maximum Gasteiger partial charge on any atom is 0.309 e. The maximum atomic E-state index is 12.5. The molecular formula is C25H39N5O3. The van der Waals surface area contributed by atoms with Crippen LogP contribution in [0.25, 0.3) is 0 Å². The highest BCUT2D eigenvalue weighted by atomic mass is 16.5. The van der Waals surface area contributed by atoms with E-state index in [-0.39, 0.29) is 6.04 Å². The molecule has 2 fully saturated rings. The lowest BCUT2D eigenvalue weighted by molar-refractivity contribution is -0.139. The smallest absolute Gasteiger partial charge is 0.309 e. The highest BCUT2D eigenvalue weighted by molar-refractivity contribution is 6.35. The summed E-state index contributed by atoms with van der Waals surface area (Å²) in [6, 6.07) is 6.83. The molecule has 3 aliphatic heterocycles. The molecule has 0 bridgehead atoms. The molecule has 33 heavy (non-hydrogen) atoms. The lowest BCUT2D eigenvalue weighted by Crippen LogP contribution is -2.47. The summed E-state index contributed by atoms with van der Waals surface area (Å²) in [4.78, 5) is 31.9. The number of nitrogens with one attached hydrogen (secondary N) is 2. The topological polar surface area (TPSA) is 77.2 Å². The number of nitrogens with zero attached hydrogens (tertiary/aromatic N) is 3. The number of anilines is 1. The van der Waals surface area contributed by atoms with Crippen LogP contribution < -0.4 is 15.5 Å². The summed E-state index contributed by atoms with van der Waals surface area (Å²) >= 11 is 0. The van der Waals surface area contributed by atoms with Crippen molar-refractivity contribution in [2.75, 3.05) is 77.5 Å². The molecule has 0 aromatic heterocycles. The zero-order valence-electron chi connectivity index (χ0n) is 20.0. The van der Waals surface area contributed by atoms with E-state index in [0.29, 0.717) is 13.1 Å². The Hall–Kier alpha value is -2.16. The van der Waals surface area contributed by atoms with Crippen LogP contribution in [0.1, 0.15) is 42.9 Å². The number of carbonyl (C=O) groups is 2. The molecule has 0 saturated carbocycles. The van der Waals surface area contributed by atoms with Crippen molar-refractivity contribution in [3.63, 3.8) is 0 Å². The van der Waals surface area contributed by atoms with Gasteiger partial charge in [0.15, 0.2) is 0 Å². The van der Waals surface area contributed by atoms with Gasteiger partial charge >= 0.3 is 11.8 Å². The van der Waals surface area contributed by atoms with Crippen LogP contribution in [0, 0.1) is 0 Å². The Kier molecular flexibility index (Phi) is 8.58. The maximum absolute atomic E-state index is 12.5. The third-order valence-electron chi connectivity index (χ3n) is 7.15. The molecule has 8 nitrogen and oxygen atoms in total. The SMILES string of the molecule is CN1CCCc2cc([C@@H](CNC(=O)C(=O)NCCN3CCOCC3)N3CCCCC3)ccc21. The molecule has 8 heteroatoms. The van der Waals surface area contributed by atoms with E-state index in [1.54, 1.807) is 0 Å². The van der Waals surface area contributed by atoms with Gasteiger partial charge in [-0.2, -0.15) is 0 Å². The summed E-state index contributed by atoms with van der Waals surface area (Å²) in [5.74, 6) is -1.09. The summed E-state index contributed by atoms with van der Waals surface area (Å²) in [6.45, 7) is 8.01. The average Bonchev–Trinajstić information content (AvgIpc) is 2.85. The first-order valence-electron chi connectivity index (χ1n) is 12.6. The molecule has 2 N–H and O–H groups in total. The molecule has 3 aliphatic rings. The van der Waals surface area contributed by atoms with Crippen LogP contribution in [0.3, 0.4) is 0 Å². The van der Waals surface area contributed by atoms with Crippen molar-refractivity contribution in [1.29, 1.82) is 0 Å². The van der Waals surface area contributed by atoms with E-state index in [1.807, 2.05) is 0 Å². The Morgan fingerprint density at radius 3 is 2.52 bits per heavy atom. The fraction of sp³-hybridized carbons (Fsp3) is 0.680. The second-order valence-corrected chi connectivity index (χ2v) is 9.45. The van der Waals surface area contributed by atoms with Gasteiger partial charge in [0.25, 0.3) is 0 Å². The largest absolute Gasteiger partial charge is 0.379 e. The Morgan fingerprint density at radius 2 is 1.73 bits per heavy atom. The molecule has 1 aromatic rings. The molecule has 1 aromatic carbocycles. The number of hydrogen-bond acceptors (Lipinski definition) is 6. The third kappa shape index (κ3) is 6.46. The summed E-state index contributed by atoms with van der Waals surface area (Å²) < 4.78 is 5.34. The van der Waals surface area contributed by atoms with Crippen molar-refractivity contribution < 1.29 is 14.3 Å². The zero-order valence-corrected chi connectivity index (χ0v) is 20.0. The summed E-state index contributed by atoms with van der Waals surface area (Å²) in [5.41, 5.74) is 3.93. The minimum absolute atomic E-state index is 0.0907. The van der Waals surface area contributed by atoms with Crippen molar-refractivity contribution >= 4 is 17.5 Å². The van der Waals surface area contributed by atoms with Gasteiger partial charge in [-0.3, -0.25) is 19.4 Å². The standard InChI is InChI=1S/C25H39N5O3/c1-28-10-5-6-20-18-21(7-8-22(20)28)23(30-11-3-2-4-12-30)19-27-25(32)24(31)26-9-13-29-14-16-33-17-15-29/h7-8,18,23H,2-6,9-17,19H2,1H3,(H,26,31)(H,27,32)/t23-/m1/s1. The lowest BCUT2D eigenvalue weighted by Gasteiger charge is -2.36. The van der Waals surface area contributed by atoms with Crippen molar-refractivity contribution in [3.05, 3.63) is 29.3 Å². The Morgan fingerprint density at radius 1 is 0.970 bits per heavy atom. The number of likely N-dealkylation sites (tertiary alicyclic amines) is 1. The summed E-state index contributed by atoms with van der Waals surface area (Å²) in [6.07, 6.45) is 5.89. The first kappa shape index (κ1) is 24.0. The monoisotopic (exact) mass is 457 g/mol. The van der Waals surface area contributed by atoms with E-state index < -0.39 is 11.8 Å². The normalized spacial score (nSPS) is 20.7. The van der Waals surface area contributed by atoms with Crippen LogP contribution in [0.15, 0.2) is 18.2 Å². The highest BCUT2D eigenvalue weighted by Crippen LogP contribution is 2.31. The summed E-state index contributed by atoms with van der Waals surface area (Å²) in [7, 11) is 2.15. The molecule has 1 atom stereocenters. The van der Waals surface area contributed by atoms with Gasteiger partial charge < -0.3 is 20.3 Å². The first-order valence-corrected chi connectivity index (χ1v) is 12.6. The van der Waals surface area contributed by atoms with Gasteiger partial charge in [0.1, 0.15) is 0 Å². The Balaban J connectivity index is 1.34. The Labute approximate surface area is 197 Å². The van der Waals surface area contributed by atoms with Gasteiger partial charge in [-0.15, -0.1) is 0 Å². The summed E-state index contributed by atoms with van der Waals surface area (Å²) in [5, 5.41) is 5.68. The van der Waals surface area contributed by atoms with Crippen LogP contribution in [0.2, 0.25) is 0 Å². The fourth-order valence-electron chi connectivity index (χ4n) is 5.20. The van der Waals surface area contributed by atoms with Crippen LogP contribution in [-0.2, 0) is 20.7 Å². The molecule has 2 saturated heterocycles. The Bertz CT molecular complexity index is 805. The van der Waals surface area contributed by atoms with E-state index in [2.05, 4.69) is 50.6 Å². The van der Waals surface area contributed by atoms with Gasteiger partial charge in [-0.1, -0.05) is 18.6 Å². The zero-order chi connectivity index (χ0) is 23.0. The number of benzene rings is 1. The molecule has 0 spiro atoms. The number of hydrogen-bond donors (Lipinski definition) is 2. The van der Waals surface area contributed by atoms with Gasteiger partial charge in [0.05, 0.1) is 19.3 Å². The molecule has 3 heterocycles. The number of carbonyl (C=O) groups excluding carboxylic acids is 2. The number of aryl methyl sites for hydroxylation is 1. The van der Waals surface area contributed by atoms with Gasteiger partial charge in [-0.05, 0) is 56.0 Å². The number of piperidine rings is 1. The van der Waals surface area contributed by atoms with Crippen molar-refractivity contribution in [2.45, 2.75) is 38.1 Å². The van der Waals surface area contributed by atoms with Crippen molar-refractivity contribution in [2.24, 2.45) is 0 Å². The molecular weight excluding hydrogens is 418 g/mol. The second kappa shape index (κ2) is 11.8. The number of rotatable bonds is 7. The van der Waals surface area contributed by atoms with Gasteiger partial charge in [0.2, 0.25) is 0 Å². The van der Waals surface area contributed by atoms with Crippen LogP contribution >= 0.6 is 0 Å². The van der Waals surface area contributed by atoms with E-state index >= 15 is 0 Å². The average molecular weight is 458 g/mol. The van der Waals surface area contributed by atoms with Crippen LogP contribution in [0.5, 0.6) is 0 Å². The molecule has 4 rings (SSSR count). The number of morpholine rings is 1. The van der Waals surface area contributed by atoms with Crippen LogP contribution in [0.4, 0.5) is 5.69 Å². The van der Waals surface area contributed by atoms with E-state index in [4.69, 9.17) is 4.74 Å². The molecule has 0 radical (unpaired) electrons. The van der Waals surface area contributed by atoms with E-state index in [1.165, 1.54) is 42.5 Å². The highest BCUT2D eigenvalue weighted by Gasteiger charge is 2.26. The molecule has 0 unspecified atom stereocenters. The number of ether oxygens (including phenoxy) is 1. The molecule has 182 valence electrons. The predicted octanol–water partition coefficient (Wildman–Crippen LogP) is 1.16. The minimum Gasteiger partial charge on any atom is -0.379 e. The predicted molar refractivity (Wildman–Crippen MR) is 129 cm³/mol. The van der Waals surface area contributed by atoms with E-state index in [0.717, 1.165) is 58.9 Å². The molecule has 2 amide bonds. The van der Waals surface area contributed by atoms with E-state index in [9.17, 15) is 9.59 Å². The van der Waals surface area contributed by atoms with Crippen LogP contribution in [-0.4, -0.2) is 94.2 Å². The fourth-order valence-corrected chi connectivity index (χ4v) is 5.20.